The van der Waals surface area contributed by atoms with Gasteiger partial charge in [-0.2, -0.15) is 0 Å². The number of carboxylic acid groups (broad SMARTS) is 1. The van der Waals surface area contributed by atoms with E-state index in [4.69, 9.17) is 5.11 Å². The minimum Gasteiger partial charge on any atom is -0.481 e. The Balaban J connectivity index is 2.12. The second kappa shape index (κ2) is 6.91. The molecular weight excluding hydrogens is 272 g/mol. The lowest BCUT2D eigenvalue weighted by Crippen LogP contribution is -2.60. The molecule has 1 saturated carbocycles. The predicted molar refractivity (Wildman–Crippen MR) is 76.6 cm³/mol. The molecule has 2 aliphatic rings. The molecule has 0 aromatic heterocycles. The molecule has 1 N–H and O–H groups in total. The third-order valence-corrected chi connectivity index (χ3v) is 4.43. The van der Waals surface area contributed by atoms with Crippen molar-refractivity contribution < 1.29 is 19.5 Å². The largest absolute Gasteiger partial charge is 0.481 e. The molecule has 0 aromatic carbocycles. The van der Waals surface area contributed by atoms with Gasteiger partial charge in [-0.3, -0.25) is 14.4 Å². The smallest absolute Gasteiger partial charge is 0.305 e. The molecule has 0 aromatic rings. The third kappa shape index (κ3) is 3.54. The lowest BCUT2D eigenvalue weighted by Gasteiger charge is -2.41. The Morgan fingerprint density at radius 2 is 1.90 bits per heavy atom. The van der Waals surface area contributed by atoms with E-state index in [1.165, 1.54) is 4.90 Å². The van der Waals surface area contributed by atoms with Crippen molar-refractivity contribution in [1.82, 2.24) is 9.80 Å². The van der Waals surface area contributed by atoms with Gasteiger partial charge in [-0.05, 0) is 19.3 Å². The van der Waals surface area contributed by atoms with Gasteiger partial charge in [0.1, 0.15) is 6.04 Å². The summed E-state index contributed by atoms with van der Waals surface area (Å²) in [5, 5.41) is 9.06. The number of aliphatic carboxylic acids is 1. The van der Waals surface area contributed by atoms with Gasteiger partial charge in [0.2, 0.25) is 11.8 Å². The zero-order valence-corrected chi connectivity index (χ0v) is 12.6. The maximum absolute atomic E-state index is 12.6. The molecule has 0 radical (unpaired) electrons. The number of carboxylic acids is 1. The first-order valence-corrected chi connectivity index (χ1v) is 7.85. The van der Waals surface area contributed by atoms with E-state index >= 15 is 0 Å². The molecule has 1 aliphatic heterocycles. The number of rotatable bonds is 5. The van der Waals surface area contributed by atoms with Crippen molar-refractivity contribution >= 4 is 17.8 Å². The summed E-state index contributed by atoms with van der Waals surface area (Å²) < 4.78 is 0. The molecule has 0 bridgehead atoms. The summed E-state index contributed by atoms with van der Waals surface area (Å²) in [6.07, 6.45) is 4.36. The van der Waals surface area contributed by atoms with Crippen LogP contribution in [0.3, 0.4) is 0 Å². The van der Waals surface area contributed by atoms with E-state index in [0.717, 1.165) is 32.1 Å². The van der Waals surface area contributed by atoms with Gasteiger partial charge in [-0.25, -0.2) is 0 Å². The van der Waals surface area contributed by atoms with Crippen LogP contribution < -0.4 is 0 Å². The molecule has 1 atom stereocenters. The second-order valence-corrected chi connectivity index (χ2v) is 5.95. The van der Waals surface area contributed by atoms with Crippen LogP contribution in [0.5, 0.6) is 0 Å². The van der Waals surface area contributed by atoms with E-state index in [9.17, 15) is 14.4 Å². The highest BCUT2D eigenvalue weighted by atomic mass is 16.4. The number of nitrogens with zero attached hydrogens (tertiary/aromatic N) is 2. The Morgan fingerprint density at radius 3 is 2.48 bits per heavy atom. The number of hydrogen-bond donors (Lipinski definition) is 1. The summed E-state index contributed by atoms with van der Waals surface area (Å²) in [7, 11) is 0. The lowest BCUT2D eigenvalue weighted by molar-refractivity contribution is -0.157. The van der Waals surface area contributed by atoms with Crippen molar-refractivity contribution in [2.24, 2.45) is 5.92 Å². The van der Waals surface area contributed by atoms with E-state index in [1.807, 2.05) is 6.92 Å². The Morgan fingerprint density at radius 1 is 1.24 bits per heavy atom. The highest BCUT2D eigenvalue weighted by molar-refractivity contribution is 5.92. The van der Waals surface area contributed by atoms with Gasteiger partial charge in [-0.15, -0.1) is 0 Å². The van der Waals surface area contributed by atoms with E-state index < -0.39 is 12.0 Å². The van der Waals surface area contributed by atoms with Gasteiger partial charge in [0, 0.05) is 25.6 Å². The van der Waals surface area contributed by atoms with E-state index in [-0.39, 0.29) is 24.2 Å². The highest BCUT2D eigenvalue weighted by Gasteiger charge is 2.40. The Kier molecular flexibility index (Phi) is 5.20. The molecule has 1 aliphatic carbocycles. The maximum Gasteiger partial charge on any atom is 0.305 e. The molecule has 1 heterocycles. The van der Waals surface area contributed by atoms with Crippen LogP contribution in [0.4, 0.5) is 0 Å². The van der Waals surface area contributed by atoms with Crippen LogP contribution >= 0.6 is 0 Å². The van der Waals surface area contributed by atoms with Crippen LogP contribution in [0.2, 0.25) is 0 Å². The lowest BCUT2D eigenvalue weighted by atomic mass is 10.0. The summed E-state index contributed by atoms with van der Waals surface area (Å²) in [4.78, 5) is 39.3. The van der Waals surface area contributed by atoms with Crippen molar-refractivity contribution in [2.45, 2.75) is 51.5 Å². The van der Waals surface area contributed by atoms with E-state index in [0.29, 0.717) is 19.6 Å². The molecule has 1 unspecified atom stereocenters. The summed E-state index contributed by atoms with van der Waals surface area (Å²) in [6, 6.07) is -0.823. The average molecular weight is 296 g/mol. The van der Waals surface area contributed by atoms with Crippen LogP contribution in [-0.2, 0) is 14.4 Å². The molecular formula is C15H24N2O4. The predicted octanol–water partition coefficient (Wildman–Crippen LogP) is 1.10. The number of carbonyl (C=O) groups excluding carboxylic acids is 2. The first kappa shape index (κ1) is 15.8. The molecule has 2 fully saturated rings. The van der Waals surface area contributed by atoms with Gasteiger partial charge < -0.3 is 14.9 Å². The van der Waals surface area contributed by atoms with Crippen LogP contribution in [0.15, 0.2) is 0 Å². The van der Waals surface area contributed by atoms with Crippen molar-refractivity contribution in [1.29, 1.82) is 0 Å². The quantitative estimate of drug-likeness (QED) is 0.824. The number of amides is 2. The molecule has 6 heteroatoms. The van der Waals surface area contributed by atoms with Crippen LogP contribution in [0.1, 0.15) is 45.4 Å². The van der Waals surface area contributed by atoms with Crippen LogP contribution in [0.25, 0.3) is 0 Å². The molecule has 2 amide bonds. The van der Waals surface area contributed by atoms with Gasteiger partial charge >= 0.3 is 5.97 Å². The number of hydrogen-bond acceptors (Lipinski definition) is 3. The van der Waals surface area contributed by atoms with Gasteiger partial charge in [0.05, 0.1) is 6.42 Å². The van der Waals surface area contributed by atoms with Gasteiger partial charge in [0.15, 0.2) is 0 Å². The summed E-state index contributed by atoms with van der Waals surface area (Å²) in [6.45, 7) is 3.58. The van der Waals surface area contributed by atoms with Crippen molar-refractivity contribution in [3.05, 3.63) is 0 Å². The number of piperazine rings is 1. The zero-order valence-electron chi connectivity index (χ0n) is 12.6. The van der Waals surface area contributed by atoms with E-state index in [2.05, 4.69) is 0 Å². The first-order chi connectivity index (χ1) is 10.0. The Hall–Kier alpha value is -1.59. The molecule has 0 spiro atoms. The topological polar surface area (TPSA) is 77.9 Å². The fraction of sp³-hybridized carbons (Fsp3) is 0.800. The maximum atomic E-state index is 12.6. The SMILES string of the molecule is CCCN1CCN(C(=O)C2CCCC2)C(CC(=O)O)C1=O. The summed E-state index contributed by atoms with van der Waals surface area (Å²) in [5.41, 5.74) is 0. The van der Waals surface area contributed by atoms with Crippen LogP contribution in [-0.4, -0.2) is 58.4 Å². The Bertz CT molecular complexity index is 418. The van der Waals surface area contributed by atoms with E-state index in [1.54, 1.807) is 4.90 Å². The van der Waals surface area contributed by atoms with Crippen molar-refractivity contribution in [2.75, 3.05) is 19.6 Å². The minimum atomic E-state index is -1.03. The monoisotopic (exact) mass is 296 g/mol. The molecule has 21 heavy (non-hydrogen) atoms. The van der Waals surface area contributed by atoms with Gasteiger partial charge in [-0.1, -0.05) is 19.8 Å². The summed E-state index contributed by atoms with van der Waals surface area (Å²) in [5.74, 6) is -1.29. The molecule has 6 nitrogen and oxygen atoms in total. The third-order valence-electron chi connectivity index (χ3n) is 4.43. The zero-order chi connectivity index (χ0) is 15.4. The first-order valence-electron chi connectivity index (χ1n) is 7.85. The number of carbonyl (C=O) groups is 3. The molecule has 1 saturated heterocycles. The standard InChI is InChI=1S/C15H24N2O4/c1-2-7-16-8-9-17(12(15(16)21)10-13(18)19)14(20)11-5-3-4-6-11/h11-12H,2-10H2,1H3,(H,18,19). The van der Waals surface area contributed by atoms with Gasteiger partial charge in [0.25, 0.3) is 0 Å². The van der Waals surface area contributed by atoms with Crippen molar-refractivity contribution in [3.63, 3.8) is 0 Å². The molecule has 118 valence electrons. The normalized spacial score (nSPS) is 23.7. The fourth-order valence-corrected chi connectivity index (χ4v) is 3.36. The van der Waals surface area contributed by atoms with Crippen LogP contribution in [0, 0.1) is 5.92 Å². The molecule has 2 rings (SSSR count). The average Bonchev–Trinajstić information content (AvgIpc) is 2.96. The Labute approximate surface area is 125 Å². The van der Waals surface area contributed by atoms with Crippen molar-refractivity contribution in [3.8, 4) is 0 Å². The highest BCUT2D eigenvalue weighted by Crippen LogP contribution is 2.28. The second-order valence-electron chi connectivity index (χ2n) is 5.95. The fourth-order valence-electron chi connectivity index (χ4n) is 3.36. The minimum absolute atomic E-state index is 0.0215. The summed E-state index contributed by atoms with van der Waals surface area (Å²) >= 11 is 0.